The van der Waals surface area contributed by atoms with Crippen LogP contribution in [0.25, 0.3) is 21.2 Å². The zero-order valence-corrected chi connectivity index (χ0v) is 45.0. The van der Waals surface area contributed by atoms with Gasteiger partial charge in [0.1, 0.15) is 18.1 Å². The summed E-state index contributed by atoms with van der Waals surface area (Å²) in [4.78, 5) is 17.3. The molecule has 2 N–H and O–H groups in total. The first-order chi connectivity index (χ1) is 36.3. The summed E-state index contributed by atoms with van der Waals surface area (Å²) in [7, 11) is -4.04. The minimum atomic E-state index is -4.04. The monoisotopic (exact) mass is 1040 g/mol. The molecule has 4 aromatic carbocycles. The van der Waals surface area contributed by atoms with E-state index in [-0.39, 0.29) is 16.6 Å². The number of allylic oxidation sites excluding steroid dienone is 7. The van der Waals surface area contributed by atoms with E-state index in [0.29, 0.717) is 78.7 Å². The Labute approximate surface area is 443 Å². The largest absolute Gasteiger partial charge is 0.457 e. The van der Waals surface area contributed by atoms with Crippen molar-refractivity contribution in [1.82, 2.24) is 5.32 Å². The smallest absolute Gasteiger partial charge is 0.407 e. The molecule has 0 radical (unpaired) electrons. The molecule has 0 saturated carbocycles. The topological polar surface area (TPSA) is 185 Å². The van der Waals surface area contributed by atoms with Gasteiger partial charge < -0.3 is 33.9 Å². The van der Waals surface area contributed by atoms with Gasteiger partial charge in [-0.3, -0.25) is 4.55 Å². The molecule has 16 heteroatoms. The van der Waals surface area contributed by atoms with Crippen molar-refractivity contribution in [2.45, 2.75) is 96.3 Å². The van der Waals surface area contributed by atoms with Gasteiger partial charge in [0.25, 0.3) is 10.1 Å². The van der Waals surface area contributed by atoms with E-state index < -0.39 is 16.2 Å². The van der Waals surface area contributed by atoms with Gasteiger partial charge in [0, 0.05) is 65.5 Å². The van der Waals surface area contributed by atoms with Gasteiger partial charge in [0.2, 0.25) is 5.69 Å². The predicted molar refractivity (Wildman–Crippen MR) is 297 cm³/mol. The zero-order valence-electron chi connectivity index (χ0n) is 44.2. The van der Waals surface area contributed by atoms with Crippen LogP contribution in [0.5, 0.6) is 5.75 Å². The molecule has 2 heterocycles. The number of hydrogen-bond donors (Lipinski definition) is 2. The molecule has 1 amide bonds. The number of unbranched alkanes of at least 4 members (excludes halogenated alkanes) is 4. The van der Waals surface area contributed by atoms with Gasteiger partial charge in [-0.15, -0.1) is 0 Å². The second-order valence-electron chi connectivity index (χ2n) is 20.1. The van der Waals surface area contributed by atoms with Crippen molar-refractivity contribution >= 4 is 44.1 Å². The van der Waals surface area contributed by atoms with Gasteiger partial charge in [0.05, 0.1) is 57.4 Å². The molecule has 2 aliphatic heterocycles. The Bertz CT molecular complexity index is 2900. The third-order valence-electron chi connectivity index (χ3n) is 14.1. The number of para-hydroxylation sites is 2. The van der Waals surface area contributed by atoms with E-state index in [1.807, 2.05) is 36.4 Å². The van der Waals surface area contributed by atoms with Crippen LogP contribution in [0.2, 0.25) is 0 Å². The lowest BCUT2D eigenvalue weighted by Crippen LogP contribution is -2.28. The molecule has 7 rings (SSSR count). The van der Waals surface area contributed by atoms with E-state index in [1.54, 1.807) is 0 Å². The van der Waals surface area contributed by atoms with E-state index in [1.165, 1.54) is 33.3 Å². The molecule has 4 aromatic rings. The standard InChI is InChI=1S/C59H74N6O9S/c1-58(2)50-25-12-13-26-51(50)64(36-15-17-44-75(67,68)69)53(58)31-28-46-20-18-21-47(56(46)74-48-22-8-7-9-23-48)29-32-54-59(3,4)55-49-24-11-10-19-45(49)27-30-52(55)65(54)35-14-5-6-16-37-73-57(66)61-33-38-70-40-42-72-43-41-71-39-34-62-63-60/h7-13,19,22-32H,5-6,14-18,20-21,33-44H2,1-4H3,(H-,61,66,67,68,69)/p+1. The van der Waals surface area contributed by atoms with Crippen molar-refractivity contribution in [1.29, 1.82) is 0 Å². The maximum atomic E-state index is 12.3. The summed E-state index contributed by atoms with van der Waals surface area (Å²) >= 11 is 0. The second-order valence-corrected chi connectivity index (χ2v) is 21.7. The molecule has 0 fully saturated rings. The van der Waals surface area contributed by atoms with Crippen LogP contribution in [-0.4, -0.2) is 108 Å². The maximum Gasteiger partial charge on any atom is 0.407 e. The average molecular weight is 1040 g/mol. The normalized spacial score (nSPS) is 17.0. The third kappa shape index (κ3) is 15.4. The minimum Gasteiger partial charge on any atom is -0.457 e. The summed E-state index contributed by atoms with van der Waals surface area (Å²) in [5.41, 5.74) is 17.2. The number of nitrogens with one attached hydrogen (secondary N) is 1. The van der Waals surface area contributed by atoms with E-state index in [0.717, 1.165) is 85.5 Å². The highest BCUT2D eigenvalue weighted by molar-refractivity contribution is 7.85. The molecule has 0 aromatic heterocycles. The number of carbonyl (C=O) groups excluding carboxylic acids is 1. The number of azide groups is 1. The average Bonchev–Trinajstić information content (AvgIpc) is 3.75. The molecule has 0 atom stereocenters. The Morgan fingerprint density at radius 1 is 0.787 bits per heavy atom. The Morgan fingerprint density at radius 2 is 1.51 bits per heavy atom. The van der Waals surface area contributed by atoms with Crippen LogP contribution >= 0.6 is 0 Å². The Balaban J connectivity index is 1.04. The van der Waals surface area contributed by atoms with Crippen molar-refractivity contribution in [3.8, 4) is 5.75 Å². The quantitative estimate of drug-likeness (QED) is 0.0132. The first kappa shape index (κ1) is 56.5. The van der Waals surface area contributed by atoms with Crippen LogP contribution in [0.4, 0.5) is 16.2 Å². The van der Waals surface area contributed by atoms with Gasteiger partial charge in [0.15, 0.2) is 5.71 Å². The highest BCUT2D eigenvalue weighted by Gasteiger charge is 2.45. The van der Waals surface area contributed by atoms with E-state index in [2.05, 4.69) is 131 Å². The number of hydrogen-bond acceptors (Lipinski definition) is 10. The molecule has 15 nitrogen and oxygen atoms in total. The van der Waals surface area contributed by atoms with Crippen LogP contribution in [0.15, 0.2) is 143 Å². The fraction of sp³-hybridized carbons (Fsp3) is 0.458. The van der Waals surface area contributed by atoms with Crippen LogP contribution in [-0.2, 0) is 39.9 Å². The van der Waals surface area contributed by atoms with Crippen LogP contribution < -0.4 is 15.0 Å². The summed E-state index contributed by atoms with van der Waals surface area (Å²) < 4.78 is 63.7. The summed E-state index contributed by atoms with van der Waals surface area (Å²) in [5, 5.41) is 8.63. The summed E-state index contributed by atoms with van der Waals surface area (Å²) in [6, 6.07) is 31.6. The lowest BCUT2D eigenvalue weighted by Gasteiger charge is -2.27. The number of rotatable bonds is 29. The highest BCUT2D eigenvalue weighted by atomic mass is 32.2. The first-order valence-corrected chi connectivity index (χ1v) is 28.1. The SMILES string of the molecule is CC1(C)C(=C/C=C2\CCCC(/C=C/C3=[N+](CCCCCCOC(=O)NCCOCCOCCOCCN=[N+]=[N-])c4ccc5ccccc5c4C3(C)C)=C2Oc2ccccc2)N(CCCCS(=O)(=O)O)c2ccccc21. The first-order valence-electron chi connectivity index (χ1n) is 26.5. The number of nitrogens with zero attached hydrogens (tertiary/aromatic N) is 5. The van der Waals surface area contributed by atoms with Gasteiger partial charge in [-0.2, -0.15) is 13.0 Å². The molecule has 1 aliphatic carbocycles. The number of amides is 1. The number of alkyl carbamates (subject to hydrolysis) is 1. The van der Waals surface area contributed by atoms with Crippen molar-refractivity contribution in [2.75, 3.05) is 83.1 Å². The number of anilines is 1. The molecule has 0 saturated heterocycles. The van der Waals surface area contributed by atoms with Crippen LogP contribution in [0.1, 0.15) is 96.6 Å². The van der Waals surface area contributed by atoms with E-state index in [4.69, 9.17) is 29.2 Å². The molecular formula is C59H75N6O9S+. The zero-order chi connectivity index (χ0) is 53.1. The Hall–Kier alpha value is -6.26. The lowest BCUT2D eigenvalue weighted by molar-refractivity contribution is -0.438. The Morgan fingerprint density at radius 3 is 2.29 bits per heavy atom. The number of ether oxygens (including phenoxy) is 5. The van der Waals surface area contributed by atoms with Crippen molar-refractivity contribution in [3.63, 3.8) is 0 Å². The fourth-order valence-corrected chi connectivity index (χ4v) is 11.0. The summed E-state index contributed by atoms with van der Waals surface area (Å²) in [6.45, 7) is 13.9. The second kappa shape index (κ2) is 27.5. The number of fused-ring (bicyclic) bond motifs is 4. The maximum absolute atomic E-state index is 12.3. The van der Waals surface area contributed by atoms with Gasteiger partial charge in [-0.25, -0.2) is 4.79 Å². The molecule has 0 bridgehead atoms. The number of benzene rings is 4. The van der Waals surface area contributed by atoms with Crippen LogP contribution in [0.3, 0.4) is 0 Å². The third-order valence-corrected chi connectivity index (χ3v) is 14.9. The Kier molecular flexibility index (Phi) is 20.7. The summed E-state index contributed by atoms with van der Waals surface area (Å²) in [6.07, 6.45) is 15.9. The van der Waals surface area contributed by atoms with Gasteiger partial charge >= 0.3 is 6.09 Å². The molecular weight excluding hydrogens is 969 g/mol. The van der Waals surface area contributed by atoms with E-state index in [9.17, 15) is 17.8 Å². The lowest BCUT2D eigenvalue weighted by atomic mass is 9.78. The summed E-state index contributed by atoms with van der Waals surface area (Å²) in [5.74, 6) is 1.38. The minimum absolute atomic E-state index is 0.257. The van der Waals surface area contributed by atoms with Crippen molar-refractivity contribution in [3.05, 3.63) is 159 Å². The van der Waals surface area contributed by atoms with Crippen molar-refractivity contribution in [2.24, 2.45) is 5.11 Å². The number of carbonyl (C=O) groups is 1. The molecule has 75 heavy (non-hydrogen) atoms. The predicted octanol–water partition coefficient (Wildman–Crippen LogP) is 12.2. The van der Waals surface area contributed by atoms with E-state index >= 15 is 0 Å². The molecule has 400 valence electrons. The van der Waals surface area contributed by atoms with Crippen LogP contribution in [0, 0.1) is 0 Å². The molecule has 3 aliphatic rings. The molecule has 0 spiro atoms. The van der Waals surface area contributed by atoms with Gasteiger partial charge in [-0.1, -0.05) is 85.7 Å². The molecule has 0 unspecified atom stereocenters. The van der Waals surface area contributed by atoms with Gasteiger partial charge in [-0.05, 0) is 135 Å². The fourth-order valence-electron chi connectivity index (χ4n) is 10.4. The van der Waals surface area contributed by atoms with Crippen molar-refractivity contribution < 1.29 is 46.0 Å². The highest BCUT2D eigenvalue weighted by Crippen LogP contribution is 2.48.